The van der Waals surface area contributed by atoms with Gasteiger partial charge in [-0.3, -0.25) is 4.79 Å². The SMILES string of the molecule is NC(N)=CCC(=O)O. The molecule has 0 heterocycles. The van der Waals surface area contributed by atoms with Gasteiger partial charge in [-0.05, 0) is 6.08 Å². The average molecular weight is 116 g/mol. The maximum atomic E-state index is 9.75. The van der Waals surface area contributed by atoms with Crippen LogP contribution in [0, 0.1) is 0 Å². The van der Waals surface area contributed by atoms with Crippen LogP contribution >= 0.6 is 0 Å². The van der Waals surface area contributed by atoms with Crippen molar-refractivity contribution >= 4 is 5.97 Å². The second kappa shape index (κ2) is 2.90. The Morgan fingerprint density at radius 3 is 2.25 bits per heavy atom. The summed E-state index contributed by atoms with van der Waals surface area (Å²) in [6, 6.07) is 0. The molecule has 0 atom stereocenters. The van der Waals surface area contributed by atoms with Crippen molar-refractivity contribution < 1.29 is 9.90 Å². The van der Waals surface area contributed by atoms with Gasteiger partial charge < -0.3 is 16.6 Å². The van der Waals surface area contributed by atoms with Gasteiger partial charge in [0.25, 0.3) is 0 Å². The van der Waals surface area contributed by atoms with E-state index in [9.17, 15) is 4.79 Å². The van der Waals surface area contributed by atoms with E-state index in [0.717, 1.165) is 0 Å². The molecule has 46 valence electrons. The fraction of sp³-hybridized carbons (Fsp3) is 0.250. The molecule has 4 heteroatoms. The van der Waals surface area contributed by atoms with Gasteiger partial charge in [0.2, 0.25) is 0 Å². The summed E-state index contributed by atoms with van der Waals surface area (Å²) < 4.78 is 0. The molecule has 5 N–H and O–H groups in total. The molecule has 0 spiro atoms. The van der Waals surface area contributed by atoms with E-state index in [4.69, 9.17) is 16.6 Å². The van der Waals surface area contributed by atoms with Gasteiger partial charge in [-0.1, -0.05) is 0 Å². The highest BCUT2D eigenvalue weighted by atomic mass is 16.4. The molecule has 0 rings (SSSR count). The van der Waals surface area contributed by atoms with Crippen LogP contribution < -0.4 is 11.5 Å². The standard InChI is InChI=1S/C4H8N2O2/c5-3(6)1-2-4(7)8/h1H,2,5-6H2,(H,7,8). The maximum absolute atomic E-state index is 9.75. The predicted molar refractivity (Wildman–Crippen MR) is 28.7 cm³/mol. The third kappa shape index (κ3) is 4.81. The summed E-state index contributed by atoms with van der Waals surface area (Å²) in [6.45, 7) is 0. The van der Waals surface area contributed by atoms with Crippen LogP contribution in [-0.4, -0.2) is 11.1 Å². The van der Waals surface area contributed by atoms with E-state index in [0.29, 0.717) is 0 Å². The number of aliphatic carboxylic acids is 1. The molecule has 0 unspecified atom stereocenters. The first-order valence-corrected chi connectivity index (χ1v) is 2.06. The van der Waals surface area contributed by atoms with Crippen molar-refractivity contribution in [2.45, 2.75) is 6.42 Å². The number of rotatable bonds is 2. The lowest BCUT2D eigenvalue weighted by Gasteiger charge is -1.85. The lowest BCUT2D eigenvalue weighted by atomic mass is 10.4. The lowest BCUT2D eigenvalue weighted by molar-refractivity contribution is -0.136. The molecule has 0 aliphatic heterocycles. The Balaban J connectivity index is 3.45. The third-order valence-corrected chi connectivity index (χ3v) is 0.512. The van der Waals surface area contributed by atoms with Crippen LogP contribution in [-0.2, 0) is 4.79 Å². The fourth-order valence-corrected chi connectivity index (χ4v) is 0.205. The number of nitrogens with two attached hydrogens (primary N) is 2. The van der Waals surface area contributed by atoms with Crippen molar-refractivity contribution in [3.8, 4) is 0 Å². The molecule has 0 aromatic heterocycles. The van der Waals surface area contributed by atoms with E-state index in [2.05, 4.69) is 0 Å². The minimum atomic E-state index is -0.932. The van der Waals surface area contributed by atoms with Crippen LogP contribution in [0.15, 0.2) is 11.9 Å². The molecule has 4 nitrogen and oxygen atoms in total. The third-order valence-electron chi connectivity index (χ3n) is 0.512. The van der Waals surface area contributed by atoms with E-state index in [1.807, 2.05) is 0 Å². The van der Waals surface area contributed by atoms with Crippen molar-refractivity contribution in [1.29, 1.82) is 0 Å². The highest BCUT2D eigenvalue weighted by Gasteiger charge is 1.89. The number of hydrogen-bond acceptors (Lipinski definition) is 3. The molecule has 0 aromatic rings. The van der Waals surface area contributed by atoms with Gasteiger partial charge in [0.15, 0.2) is 0 Å². The average Bonchev–Trinajstić information content (AvgIpc) is 1.61. The van der Waals surface area contributed by atoms with E-state index in [1.54, 1.807) is 0 Å². The number of carboxylic acid groups (broad SMARTS) is 1. The zero-order chi connectivity index (χ0) is 6.57. The molecule has 0 aliphatic carbocycles. The molecule has 0 aliphatic rings. The molecule has 0 amide bonds. The second-order valence-corrected chi connectivity index (χ2v) is 1.30. The number of hydrogen-bond donors (Lipinski definition) is 3. The summed E-state index contributed by atoms with van der Waals surface area (Å²) in [7, 11) is 0. The van der Waals surface area contributed by atoms with Crippen molar-refractivity contribution in [2.24, 2.45) is 11.5 Å². The molecule has 0 aromatic carbocycles. The van der Waals surface area contributed by atoms with E-state index >= 15 is 0 Å². The van der Waals surface area contributed by atoms with Crippen molar-refractivity contribution in [3.63, 3.8) is 0 Å². The Hall–Kier alpha value is -1.19. The Labute approximate surface area is 46.8 Å². The first-order valence-electron chi connectivity index (χ1n) is 2.06. The molecular formula is C4H8N2O2. The van der Waals surface area contributed by atoms with Gasteiger partial charge in [0.1, 0.15) is 0 Å². The Bertz CT molecular complexity index is 115. The lowest BCUT2D eigenvalue weighted by Crippen LogP contribution is -2.08. The summed E-state index contributed by atoms with van der Waals surface area (Å²) >= 11 is 0. The summed E-state index contributed by atoms with van der Waals surface area (Å²) in [4.78, 5) is 9.75. The Kier molecular flexibility index (Phi) is 2.47. The minimum absolute atomic E-state index is 0.0485. The molecule has 8 heavy (non-hydrogen) atoms. The van der Waals surface area contributed by atoms with Crippen LogP contribution in [0.1, 0.15) is 6.42 Å². The van der Waals surface area contributed by atoms with Crippen LogP contribution in [0.25, 0.3) is 0 Å². The molecule has 0 saturated carbocycles. The van der Waals surface area contributed by atoms with Crippen molar-refractivity contribution in [1.82, 2.24) is 0 Å². The van der Waals surface area contributed by atoms with Crippen LogP contribution in [0.3, 0.4) is 0 Å². The van der Waals surface area contributed by atoms with Crippen LogP contribution in [0.2, 0.25) is 0 Å². The Morgan fingerprint density at radius 1 is 1.62 bits per heavy atom. The van der Waals surface area contributed by atoms with Gasteiger partial charge >= 0.3 is 5.97 Å². The normalized spacial score (nSPS) is 8.00. The number of carboxylic acids is 1. The smallest absolute Gasteiger partial charge is 0.307 e. The van der Waals surface area contributed by atoms with Gasteiger partial charge in [0.05, 0.1) is 12.2 Å². The predicted octanol–water partition coefficient (Wildman–Crippen LogP) is -0.780. The van der Waals surface area contributed by atoms with Gasteiger partial charge in [-0.2, -0.15) is 0 Å². The molecule has 0 fully saturated rings. The summed E-state index contributed by atoms with van der Waals surface area (Å²) in [5, 5.41) is 8.01. The fourth-order valence-electron chi connectivity index (χ4n) is 0.205. The largest absolute Gasteiger partial charge is 0.481 e. The summed E-state index contributed by atoms with van der Waals surface area (Å²) in [5.41, 5.74) is 9.83. The molecular weight excluding hydrogens is 108 g/mol. The highest BCUT2D eigenvalue weighted by Crippen LogP contribution is 1.80. The summed E-state index contributed by atoms with van der Waals surface area (Å²) in [6.07, 6.45) is 1.13. The topological polar surface area (TPSA) is 89.3 Å². The van der Waals surface area contributed by atoms with Crippen LogP contribution in [0.5, 0.6) is 0 Å². The molecule has 0 bridgehead atoms. The maximum Gasteiger partial charge on any atom is 0.307 e. The van der Waals surface area contributed by atoms with Gasteiger partial charge in [0, 0.05) is 0 Å². The first kappa shape index (κ1) is 6.81. The van der Waals surface area contributed by atoms with Gasteiger partial charge in [-0.15, -0.1) is 0 Å². The quantitative estimate of drug-likeness (QED) is 0.441. The Morgan fingerprint density at radius 2 is 2.12 bits per heavy atom. The zero-order valence-electron chi connectivity index (χ0n) is 4.29. The highest BCUT2D eigenvalue weighted by molar-refractivity contribution is 5.68. The van der Waals surface area contributed by atoms with E-state index in [-0.39, 0.29) is 12.2 Å². The zero-order valence-corrected chi connectivity index (χ0v) is 4.29. The van der Waals surface area contributed by atoms with Gasteiger partial charge in [-0.25, -0.2) is 0 Å². The van der Waals surface area contributed by atoms with Crippen molar-refractivity contribution in [2.75, 3.05) is 0 Å². The van der Waals surface area contributed by atoms with E-state index < -0.39 is 5.97 Å². The summed E-state index contributed by atoms with van der Waals surface area (Å²) in [5.74, 6) is -0.884. The first-order chi connectivity index (χ1) is 3.63. The van der Waals surface area contributed by atoms with Crippen molar-refractivity contribution in [3.05, 3.63) is 11.9 Å². The number of carbonyl (C=O) groups is 1. The minimum Gasteiger partial charge on any atom is -0.481 e. The monoisotopic (exact) mass is 116 g/mol. The van der Waals surface area contributed by atoms with E-state index in [1.165, 1.54) is 6.08 Å². The molecule has 0 saturated heterocycles. The second-order valence-electron chi connectivity index (χ2n) is 1.30. The van der Waals surface area contributed by atoms with Crippen LogP contribution in [0.4, 0.5) is 0 Å². The molecule has 0 radical (unpaired) electrons.